The highest BCUT2D eigenvalue weighted by molar-refractivity contribution is 5.91. The highest BCUT2D eigenvalue weighted by atomic mass is 16.5. The van der Waals surface area contributed by atoms with Crippen molar-refractivity contribution in [2.24, 2.45) is 0 Å². The van der Waals surface area contributed by atoms with Crippen molar-refractivity contribution >= 4 is 17.7 Å². The van der Waals surface area contributed by atoms with Gasteiger partial charge in [0.15, 0.2) is 11.5 Å². The lowest BCUT2D eigenvalue weighted by atomic mass is 10.1. The molecule has 0 atom stereocenters. The smallest absolute Gasteiger partial charge is 0.258 e. The number of piperazine rings is 1. The van der Waals surface area contributed by atoms with Crippen molar-refractivity contribution in [3.8, 4) is 17.2 Å². The van der Waals surface area contributed by atoms with E-state index >= 15 is 0 Å². The second-order valence-corrected chi connectivity index (χ2v) is 9.94. The van der Waals surface area contributed by atoms with Crippen LogP contribution < -0.4 is 24.5 Å². The van der Waals surface area contributed by atoms with Gasteiger partial charge in [-0.05, 0) is 55.7 Å². The minimum Gasteiger partial charge on any atom is -0.493 e. The molecule has 1 aliphatic rings. The number of ether oxygens (including phenoxy) is 3. The maximum atomic E-state index is 12.6. The van der Waals surface area contributed by atoms with Crippen LogP contribution in [0.5, 0.6) is 17.2 Å². The molecule has 3 rings (SSSR count). The fourth-order valence-corrected chi connectivity index (χ4v) is 4.78. The summed E-state index contributed by atoms with van der Waals surface area (Å²) >= 11 is 0. The van der Waals surface area contributed by atoms with Crippen LogP contribution in [0.15, 0.2) is 36.4 Å². The summed E-state index contributed by atoms with van der Waals surface area (Å²) in [5, 5.41) is 1.98. The van der Waals surface area contributed by atoms with Crippen LogP contribution in [0.2, 0.25) is 0 Å². The second kappa shape index (κ2) is 15.3. The summed E-state index contributed by atoms with van der Waals surface area (Å²) in [7, 11) is 3.23. The van der Waals surface area contributed by atoms with E-state index < -0.39 is 0 Å². The summed E-state index contributed by atoms with van der Waals surface area (Å²) in [6, 6.07) is 10.3. The van der Waals surface area contributed by atoms with Gasteiger partial charge < -0.3 is 19.1 Å². The number of hydrazine groups is 1. The number of aryl methyl sites for hydroxylation is 2. The van der Waals surface area contributed by atoms with Crippen molar-refractivity contribution in [1.82, 2.24) is 10.4 Å². The quantitative estimate of drug-likeness (QED) is 0.245. The average Bonchev–Trinajstić information content (AvgIpc) is 2.92. The van der Waals surface area contributed by atoms with Gasteiger partial charge in [-0.1, -0.05) is 56.7 Å². The SMILES string of the molecule is CCCCCCCCOc1c(OC)cc(/C=C/C(=O)NN2CCN(c3ccc(C)cc3C)CC2)cc1OC. The number of unbranched alkanes of at least 4 members (excludes halogenated alkanes) is 5. The Hall–Kier alpha value is -3.19. The number of hydrogen-bond donors (Lipinski definition) is 1. The molecule has 1 N–H and O–H groups in total. The van der Waals surface area contributed by atoms with Gasteiger partial charge in [-0.25, -0.2) is 5.01 Å². The molecule has 0 unspecified atom stereocenters. The molecule has 0 aliphatic carbocycles. The first-order chi connectivity index (χ1) is 18.4. The number of rotatable bonds is 14. The monoisotopic (exact) mass is 523 g/mol. The van der Waals surface area contributed by atoms with E-state index in [1.54, 1.807) is 26.4 Å². The summed E-state index contributed by atoms with van der Waals surface area (Å²) in [5.41, 5.74) is 7.63. The number of carbonyl (C=O) groups is 1. The van der Waals surface area contributed by atoms with Gasteiger partial charge in [0.25, 0.3) is 5.91 Å². The molecule has 1 heterocycles. The van der Waals surface area contributed by atoms with Gasteiger partial charge in [0.1, 0.15) is 0 Å². The molecule has 0 spiro atoms. The Bertz CT molecular complexity index is 1040. The predicted octanol–water partition coefficient (Wildman–Crippen LogP) is 5.93. The van der Waals surface area contributed by atoms with Crippen LogP contribution in [0, 0.1) is 13.8 Å². The van der Waals surface area contributed by atoms with E-state index in [0.717, 1.165) is 44.6 Å². The van der Waals surface area contributed by atoms with Crippen LogP contribution in [0.25, 0.3) is 6.08 Å². The molecule has 2 aromatic rings. The summed E-state index contributed by atoms with van der Waals surface area (Å²) in [6.45, 7) is 10.4. The molecule has 0 saturated carbocycles. The third-order valence-corrected chi connectivity index (χ3v) is 6.90. The van der Waals surface area contributed by atoms with Crippen molar-refractivity contribution in [2.45, 2.75) is 59.3 Å². The van der Waals surface area contributed by atoms with Gasteiger partial charge in [-0.15, -0.1) is 0 Å². The van der Waals surface area contributed by atoms with E-state index in [1.807, 2.05) is 17.1 Å². The van der Waals surface area contributed by atoms with Gasteiger partial charge >= 0.3 is 0 Å². The Kier molecular flexibility index (Phi) is 11.8. The van der Waals surface area contributed by atoms with Crippen LogP contribution >= 0.6 is 0 Å². The van der Waals surface area contributed by atoms with Crippen LogP contribution in [0.3, 0.4) is 0 Å². The Morgan fingerprint density at radius 3 is 2.21 bits per heavy atom. The van der Waals surface area contributed by atoms with Gasteiger partial charge in [0, 0.05) is 37.9 Å². The molecule has 0 radical (unpaired) electrons. The summed E-state index contributed by atoms with van der Waals surface area (Å²) < 4.78 is 17.2. The highest BCUT2D eigenvalue weighted by Gasteiger charge is 2.19. The molecule has 1 fully saturated rings. The summed E-state index contributed by atoms with van der Waals surface area (Å²) in [5.74, 6) is 1.63. The number of anilines is 1. The van der Waals surface area contributed by atoms with Gasteiger partial charge in [0.2, 0.25) is 5.75 Å². The zero-order chi connectivity index (χ0) is 27.3. The zero-order valence-corrected chi connectivity index (χ0v) is 23.8. The third-order valence-electron chi connectivity index (χ3n) is 6.90. The van der Waals surface area contributed by atoms with E-state index in [2.05, 4.69) is 49.3 Å². The zero-order valence-electron chi connectivity index (χ0n) is 23.8. The van der Waals surface area contributed by atoms with Crippen LogP contribution in [0.4, 0.5) is 5.69 Å². The number of nitrogens with zero attached hydrogens (tertiary/aromatic N) is 2. The Balaban J connectivity index is 1.51. The Morgan fingerprint density at radius 2 is 1.58 bits per heavy atom. The van der Waals surface area contributed by atoms with E-state index in [9.17, 15) is 4.79 Å². The number of amides is 1. The molecular weight excluding hydrogens is 478 g/mol. The molecule has 0 aromatic heterocycles. The van der Waals surface area contributed by atoms with E-state index in [-0.39, 0.29) is 5.91 Å². The highest BCUT2D eigenvalue weighted by Crippen LogP contribution is 2.39. The van der Waals surface area contributed by atoms with E-state index in [4.69, 9.17) is 14.2 Å². The summed E-state index contributed by atoms with van der Waals surface area (Å²) in [4.78, 5) is 15.0. The van der Waals surface area contributed by atoms with E-state index in [1.165, 1.54) is 42.5 Å². The largest absolute Gasteiger partial charge is 0.493 e. The first kappa shape index (κ1) is 29.4. The molecular formula is C31H45N3O4. The van der Waals surface area contributed by atoms with Gasteiger partial charge in [-0.2, -0.15) is 0 Å². The standard InChI is InChI=1S/C31H45N3O4/c1-6-7-8-9-10-11-20-38-31-28(36-4)22-26(23-29(31)37-5)13-15-30(35)32-34-18-16-33(17-19-34)27-14-12-24(2)21-25(27)3/h12-15,21-23H,6-11,16-20H2,1-5H3,(H,32,35)/b15-13+. The van der Waals surface area contributed by atoms with Crippen molar-refractivity contribution in [3.05, 3.63) is 53.1 Å². The molecule has 1 saturated heterocycles. The number of hydrogen-bond acceptors (Lipinski definition) is 6. The summed E-state index contributed by atoms with van der Waals surface area (Å²) in [6.07, 6.45) is 10.5. The molecule has 1 aliphatic heterocycles. The van der Waals surface area contributed by atoms with Crippen LogP contribution in [0.1, 0.15) is 62.1 Å². The van der Waals surface area contributed by atoms with Crippen LogP contribution in [-0.2, 0) is 4.79 Å². The molecule has 2 aromatic carbocycles. The van der Waals surface area contributed by atoms with Crippen molar-refractivity contribution in [3.63, 3.8) is 0 Å². The molecule has 38 heavy (non-hydrogen) atoms. The predicted molar refractivity (Wildman–Crippen MR) is 155 cm³/mol. The lowest BCUT2D eigenvalue weighted by Crippen LogP contribution is -2.53. The van der Waals surface area contributed by atoms with Crippen molar-refractivity contribution in [2.75, 3.05) is 51.9 Å². The number of methoxy groups -OCH3 is 2. The normalized spacial score (nSPS) is 14.1. The minimum atomic E-state index is -0.161. The van der Waals surface area contributed by atoms with Crippen molar-refractivity contribution < 1.29 is 19.0 Å². The van der Waals surface area contributed by atoms with Crippen LogP contribution in [-0.4, -0.2) is 57.9 Å². The molecule has 7 nitrogen and oxygen atoms in total. The third kappa shape index (κ3) is 8.69. The Labute approximate surface area is 228 Å². The first-order valence-electron chi connectivity index (χ1n) is 13.9. The molecule has 1 amide bonds. The van der Waals surface area contributed by atoms with Gasteiger partial charge in [0.05, 0.1) is 20.8 Å². The molecule has 208 valence electrons. The number of nitrogens with one attached hydrogen (secondary N) is 1. The molecule has 0 bridgehead atoms. The first-order valence-corrected chi connectivity index (χ1v) is 13.9. The molecule has 7 heteroatoms. The minimum absolute atomic E-state index is 0.161. The fourth-order valence-electron chi connectivity index (χ4n) is 4.78. The maximum Gasteiger partial charge on any atom is 0.258 e. The number of benzene rings is 2. The Morgan fingerprint density at radius 1 is 0.921 bits per heavy atom. The fraction of sp³-hybridized carbons (Fsp3) is 0.516. The lowest BCUT2D eigenvalue weighted by Gasteiger charge is -2.36. The lowest BCUT2D eigenvalue weighted by molar-refractivity contribution is -0.121. The number of carbonyl (C=O) groups excluding carboxylic acids is 1. The van der Waals surface area contributed by atoms with E-state index in [0.29, 0.717) is 23.9 Å². The average molecular weight is 524 g/mol. The topological polar surface area (TPSA) is 63.3 Å². The van der Waals surface area contributed by atoms with Crippen molar-refractivity contribution in [1.29, 1.82) is 0 Å². The second-order valence-electron chi connectivity index (χ2n) is 9.94. The van der Waals surface area contributed by atoms with Gasteiger partial charge in [-0.3, -0.25) is 10.2 Å². The maximum absolute atomic E-state index is 12.6.